The summed E-state index contributed by atoms with van der Waals surface area (Å²) in [6.07, 6.45) is 1.95. The first-order valence-electron chi connectivity index (χ1n) is 6.97. The molecule has 5 heteroatoms. The van der Waals surface area contributed by atoms with E-state index in [2.05, 4.69) is 19.2 Å². The van der Waals surface area contributed by atoms with Crippen molar-refractivity contribution in [3.05, 3.63) is 17.5 Å². The fourth-order valence-corrected chi connectivity index (χ4v) is 6.76. The highest BCUT2D eigenvalue weighted by atomic mass is 32.2. The molecule has 1 aliphatic carbocycles. The van der Waals surface area contributed by atoms with E-state index >= 15 is 0 Å². The fourth-order valence-electron chi connectivity index (χ4n) is 3.37. The zero-order valence-corrected chi connectivity index (χ0v) is 13.4. The van der Waals surface area contributed by atoms with Crippen molar-refractivity contribution in [1.82, 2.24) is 5.32 Å². The predicted octanol–water partition coefficient (Wildman–Crippen LogP) is 2.93. The van der Waals surface area contributed by atoms with Gasteiger partial charge in [-0.15, -0.1) is 11.3 Å². The van der Waals surface area contributed by atoms with Crippen LogP contribution in [0.1, 0.15) is 33.6 Å². The molecule has 0 bridgehead atoms. The van der Waals surface area contributed by atoms with Gasteiger partial charge in [0.2, 0.25) is 0 Å². The molecule has 0 aromatic carbocycles. The summed E-state index contributed by atoms with van der Waals surface area (Å²) >= 11 is 1.33. The van der Waals surface area contributed by atoms with Crippen molar-refractivity contribution < 1.29 is 8.42 Å². The summed E-state index contributed by atoms with van der Waals surface area (Å²) in [4.78, 5) is 0. The highest BCUT2D eigenvalue weighted by Gasteiger charge is 2.42. The summed E-state index contributed by atoms with van der Waals surface area (Å²) in [5.74, 6) is 0.800. The Labute approximate surface area is 120 Å². The Morgan fingerprint density at radius 3 is 2.68 bits per heavy atom. The molecule has 1 aliphatic rings. The van der Waals surface area contributed by atoms with Crippen LogP contribution in [0.3, 0.4) is 0 Å². The molecule has 4 unspecified atom stereocenters. The summed E-state index contributed by atoms with van der Waals surface area (Å²) in [5.41, 5.74) is 0. The van der Waals surface area contributed by atoms with Gasteiger partial charge in [-0.25, -0.2) is 8.42 Å². The van der Waals surface area contributed by atoms with Gasteiger partial charge >= 0.3 is 0 Å². The maximum absolute atomic E-state index is 12.8. The summed E-state index contributed by atoms with van der Waals surface area (Å²) in [6.45, 7) is 7.16. The normalized spacial score (nSPS) is 32.4. The van der Waals surface area contributed by atoms with E-state index in [1.54, 1.807) is 6.07 Å². The van der Waals surface area contributed by atoms with Gasteiger partial charge in [-0.05, 0) is 42.7 Å². The van der Waals surface area contributed by atoms with E-state index in [1.807, 2.05) is 18.4 Å². The molecule has 0 saturated heterocycles. The molecule has 1 aromatic rings. The maximum Gasteiger partial charge on any atom is 0.192 e. The molecule has 2 rings (SSSR count). The Morgan fingerprint density at radius 1 is 1.37 bits per heavy atom. The molecular weight excluding hydrogens is 278 g/mol. The average molecular weight is 301 g/mol. The molecule has 0 amide bonds. The van der Waals surface area contributed by atoms with E-state index in [1.165, 1.54) is 11.3 Å². The van der Waals surface area contributed by atoms with Crippen molar-refractivity contribution in [1.29, 1.82) is 0 Å². The predicted molar refractivity (Wildman–Crippen MR) is 80.3 cm³/mol. The standard InChI is InChI=1S/C14H23NO2S2/c1-4-15-12-9-10(2)8-11(3)14(12)19(16,17)13-6-5-7-18-13/h5-7,10-12,14-15H,4,8-9H2,1-3H3. The Hall–Kier alpha value is -0.390. The molecule has 1 heterocycles. The number of sulfone groups is 1. The number of rotatable bonds is 4. The van der Waals surface area contributed by atoms with Crippen molar-refractivity contribution in [2.24, 2.45) is 11.8 Å². The van der Waals surface area contributed by atoms with E-state index in [9.17, 15) is 8.42 Å². The van der Waals surface area contributed by atoms with Gasteiger partial charge < -0.3 is 5.32 Å². The van der Waals surface area contributed by atoms with Gasteiger partial charge in [0.15, 0.2) is 9.84 Å². The lowest BCUT2D eigenvalue weighted by Gasteiger charge is -2.39. The van der Waals surface area contributed by atoms with Gasteiger partial charge in [0.1, 0.15) is 4.21 Å². The molecule has 19 heavy (non-hydrogen) atoms. The lowest BCUT2D eigenvalue weighted by Crippen LogP contribution is -2.51. The molecule has 4 atom stereocenters. The Morgan fingerprint density at radius 2 is 2.11 bits per heavy atom. The highest BCUT2D eigenvalue weighted by Crippen LogP contribution is 2.37. The zero-order chi connectivity index (χ0) is 14.0. The second-order valence-corrected chi connectivity index (χ2v) is 8.94. The van der Waals surface area contributed by atoms with Crippen molar-refractivity contribution in [2.75, 3.05) is 6.54 Å². The van der Waals surface area contributed by atoms with Gasteiger partial charge in [-0.1, -0.05) is 26.8 Å². The van der Waals surface area contributed by atoms with Crippen molar-refractivity contribution in [3.63, 3.8) is 0 Å². The van der Waals surface area contributed by atoms with Gasteiger partial charge in [-0.2, -0.15) is 0 Å². The van der Waals surface area contributed by atoms with E-state index < -0.39 is 9.84 Å². The molecule has 0 aliphatic heterocycles. The van der Waals surface area contributed by atoms with Crippen LogP contribution in [0, 0.1) is 11.8 Å². The minimum absolute atomic E-state index is 0.0795. The SMILES string of the molecule is CCNC1CC(C)CC(C)C1S(=O)(=O)c1cccs1. The van der Waals surface area contributed by atoms with Crippen LogP contribution in [0.2, 0.25) is 0 Å². The van der Waals surface area contributed by atoms with Gasteiger partial charge in [0, 0.05) is 6.04 Å². The summed E-state index contributed by atoms with van der Waals surface area (Å²) < 4.78 is 26.2. The monoisotopic (exact) mass is 301 g/mol. The molecule has 1 fully saturated rings. The molecular formula is C14H23NO2S2. The van der Waals surface area contributed by atoms with Crippen LogP contribution in [0.4, 0.5) is 0 Å². The lowest BCUT2D eigenvalue weighted by molar-refractivity contribution is 0.244. The van der Waals surface area contributed by atoms with Crippen molar-refractivity contribution in [3.8, 4) is 0 Å². The average Bonchev–Trinajstić information content (AvgIpc) is 2.81. The van der Waals surface area contributed by atoms with Gasteiger partial charge in [-0.3, -0.25) is 0 Å². The van der Waals surface area contributed by atoms with Crippen LogP contribution >= 0.6 is 11.3 Å². The van der Waals surface area contributed by atoms with Gasteiger partial charge in [0.25, 0.3) is 0 Å². The van der Waals surface area contributed by atoms with E-state index in [0.29, 0.717) is 10.1 Å². The first-order valence-corrected chi connectivity index (χ1v) is 9.40. The van der Waals surface area contributed by atoms with Crippen LogP contribution in [0.25, 0.3) is 0 Å². The van der Waals surface area contributed by atoms with Crippen LogP contribution < -0.4 is 5.32 Å². The summed E-state index contributed by atoms with van der Waals surface area (Å²) in [5, 5.41) is 4.94. The molecule has 108 valence electrons. The van der Waals surface area contributed by atoms with E-state index in [0.717, 1.165) is 19.4 Å². The number of hydrogen-bond donors (Lipinski definition) is 1. The van der Waals surface area contributed by atoms with E-state index in [-0.39, 0.29) is 17.2 Å². The smallest absolute Gasteiger partial charge is 0.192 e. The molecule has 1 N–H and O–H groups in total. The highest BCUT2D eigenvalue weighted by molar-refractivity contribution is 7.94. The minimum Gasteiger partial charge on any atom is -0.313 e. The molecule has 0 radical (unpaired) electrons. The zero-order valence-electron chi connectivity index (χ0n) is 11.8. The maximum atomic E-state index is 12.8. The van der Waals surface area contributed by atoms with Crippen LogP contribution in [0.5, 0.6) is 0 Å². The Kier molecular flexibility index (Phi) is 4.69. The molecule has 1 saturated carbocycles. The molecule has 1 aromatic heterocycles. The first-order chi connectivity index (χ1) is 8.96. The van der Waals surface area contributed by atoms with E-state index in [4.69, 9.17) is 0 Å². The third-order valence-electron chi connectivity index (χ3n) is 3.99. The van der Waals surface area contributed by atoms with Crippen molar-refractivity contribution >= 4 is 21.2 Å². The second kappa shape index (κ2) is 5.94. The van der Waals surface area contributed by atoms with Crippen LogP contribution in [0.15, 0.2) is 21.7 Å². The molecule has 3 nitrogen and oxygen atoms in total. The van der Waals surface area contributed by atoms with Crippen LogP contribution in [-0.4, -0.2) is 26.3 Å². The lowest BCUT2D eigenvalue weighted by atomic mass is 9.80. The minimum atomic E-state index is -3.21. The number of thiophene rings is 1. The number of hydrogen-bond acceptors (Lipinski definition) is 4. The Bertz CT molecular complexity index is 496. The largest absolute Gasteiger partial charge is 0.313 e. The second-order valence-electron chi connectivity index (χ2n) is 5.66. The third kappa shape index (κ3) is 3.03. The third-order valence-corrected chi connectivity index (χ3v) is 7.84. The Balaban J connectivity index is 2.33. The van der Waals surface area contributed by atoms with Crippen molar-refractivity contribution in [2.45, 2.75) is 49.1 Å². The molecule has 0 spiro atoms. The van der Waals surface area contributed by atoms with Crippen LogP contribution in [-0.2, 0) is 9.84 Å². The summed E-state index contributed by atoms with van der Waals surface area (Å²) in [7, 11) is -3.21. The topological polar surface area (TPSA) is 46.2 Å². The fraction of sp³-hybridized carbons (Fsp3) is 0.714. The first kappa shape index (κ1) is 15.0. The quantitative estimate of drug-likeness (QED) is 0.930. The van der Waals surface area contributed by atoms with Gasteiger partial charge in [0.05, 0.1) is 5.25 Å². The number of nitrogens with one attached hydrogen (secondary N) is 1. The summed E-state index contributed by atoms with van der Waals surface area (Å²) in [6, 6.07) is 3.62.